The van der Waals surface area contributed by atoms with Crippen LogP contribution in [-0.4, -0.2) is 26.0 Å². The Labute approximate surface area is 122 Å². The van der Waals surface area contributed by atoms with Crippen LogP contribution < -0.4 is 4.31 Å². The van der Waals surface area contributed by atoms with E-state index >= 15 is 0 Å². The maximum absolute atomic E-state index is 12.7. The zero-order chi connectivity index (χ0) is 15.0. The second-order valence-electron chi connectivity index (χ2n) is 4.75. The van der Waals surface area contributed by atoms with Gasteiger partial charge in [0.2, 0.25) is 0 Å². The van der Waals surface area contributed by atoms with E-state index in [-0.39, 0.29) is 17.0 Å². The third-order valence-electron chi connectivity index (χ3n) is 3.55. The number of carboxylic acids is 1. The number of aromatic carboxylic acids is 1. The second kappa shape index (κ2) is 4.89. The van der Waals surface area contributed by atoms with Gasteiger partial charge < -0.3 is 5.11 Å². The molecule has 0 bridgehead atoms. The molecule has 0 atom stereocenters. The molecule has 0 amide bonds. The number of rotatable bonds is 3. The molecule has 0 unspecified atom stereocenters. The summed E-state index contributed by atoms with van der Waals surface area (Å²) in [7, 11) is -3.65. The predicted molar refractivity (Wildman–Crippen MR) is 78.1 cm³/mol. The van der Waals surface area contributed by atoms with Crippen LogP contribution in [0.4, 0.5) is 5.69 Å². The normalized spacial score (nSPS) is 14.0. The van der Waals surface area contributed by atoms with Gasteiger partial charge in [0.15, 0.2) is 0 Å². The van der Waals surface area contributed by atoms with Crippen molar-refractivity contribution < 1.29 is 18.3 Å². The van der Waals surface area contributed by atoms with Crippen molar-refractivity contribution in [1.29, 1.82) is 0 Å². The first kappa shape index (κ1) is 13.6. The van der Waals surface area contributed by atoms with Crippen LogP contribution in [0.1, 0.15) is 15.9 Å². The first-order valence-corrected chi connectivity index (χ1v) is 7.89. The first-order valence-electron chi connectivity index (χ1n) is 6.45. The van der Waals surface area contributed by atoms with Crippen molar-refractivity contribution in [2.75, 3.05) is 10.8 Å². The van der Waals surface area contributed by atoms with Gasteiger partial charge in [-0.3, -0.25) is 4.31 Å². The Kier molecular flexibility index (Phi) is 3.17. The van der Waals surface area contributed by atoms with Gasteiger partial charge in [-0.05, 0) is 36.2 Å². The minimum atomic E-state index is -3.65. The summed E-state index contributed by atoms with van der Waals surface area (Å²) in [5.74, 6) is -1.04. The summed E-state index contributed by atoms with van der Waals surface area (Å²) in [5, 5.41) is 9.19. The maximum atomic E-state index is 12.7. The Morgan fingerprint density at radius 1 is 1.05 bits per heavy atom. The summed E-state index contributed by atoms with van der Waals surface area (Å²) in [4.78, 5) is 11.4. The minimum absolute atomic E-state index is 0.165. The third-order valence-corrected chi connectivity index (χ3v) is 5.37. The fourth-order valence-corrected chi connectivity index (χ4v) is 4.09. The van der Waals surface area contributed by atoms with Crippen LogP contribution >= 0.6 is 0 Å². The lowest BCUT2D eigenvalue weighted by Gasteiger charge is -2.19. The van der Waals surface area contributed by atoms with E-state index in [9.17, 15) is 18.3 Å². The maximum Gasteiger partial charge on any atom is 0.336 e. The quantitative estimate of drug-likeness (QED) is 0.942. The summed E-state index contributed by atoms with van der Waals surface area (Å²) in [6.07, 6.45) is 0.407. The van der Waals surface area contributed by atoms with E-state index in [1.807, 2.05) is 0 Å². The summed E-state index contributed by atoms with van der Waals surface area (Å²) >= 11 is 0. The summed E-state index contributed by atoms with van der Waals surface area (Å²) < 4.78 is 26.6. The molecule has 1 N–H and O–H groups in total. The molecule has 1 heterocycles. The van der Waals surface area contributed by atoms with Crippen molar-refractivity contribution in [2.45, 2.75) is 11.3 Å². The Bertz CT molecular complexity index is 800. The van der Waals surface area contributed by atoms with Gasteiger partial charge in [0.25, 0.3) is 10.0 Å². The average molecular weight is 303 g/mol. The van der Waals surface area contributed by atoms with Gasteiger partial charge in [-0.15, -0.1) is 0 Å². The molecule has 0 fully saturated rings. The van der Waals surface area contributed by atoms with E-state index in [4.69, 9.17) is 0 Å². The van der Waals surface area contributed by atoms with Crippen LogP contribution in [0.2, 0.25) is 0 Å². The molecule has 0 aliphatic carbocycles. The molecule has 0 spiro atoms. The first-order chi connectivity index (χ1) is 10.0. The Hall–Kier alpha value is -2.34. The Balaban J connectivity index is 2.10. The second-order valence-corrected chi connectivity index (χ2v) is 6.61. The molecule has 0 saturated heterocycles. The number of carboxylic acid groups (broad SMARTS) is 1. The molecule has 6 heteroatoms. The van der Waals surface area contributed by atoms with E-state index in [1.165, 1.54) is 22.5 Å². The van der Waals surface area contributed by atoms with Gasteiger partial charge >= 0.3 is 5.97 Å². The number of fused-ring (bicyclic) bond motifs is 1. The van der Waals surface area contributed by atoms with Crippen LogP contribution in [0.5, 0.6) is 0 Å². The van der Waals surface area contributed by atoms with Crippen LogP contribution in [0, 0.1) is 0 Å². The molecule has 21 heavy (non-hydrogen) atoms. The van der Waals surface area contributed by atoms with Gasteiger partial charge in [0, 0.05) is 6.54 Å². The highest BCUT2D eigenvalue weighted by atomic mass is 32.2. The molecule has 108 valence electrons. The Morgan fingerprint density at radius 3 is 2.43 bits per heavy atom. The zero-order valence-electron chi connectivity index (χ0n) is 11.1. The van der Waals surface area contributed by atoms with Crippen LogP contribution in [-0.2, 0) is 16.4 Å². The average Bonchev–Trinajstić information content (AvgIpc) is 2.92. The van der Waals surface area contributed by atoms with E-state index in [1.54, 1.807) is 30.3 Å². The van der Waals surface area contributed by atoms with Crippen LogP contribution in [0.15, 0.2) is 53.4 Å². The number of sulfonamides is 1. The van der Waals surface area contributed by atoms with Gasteiger partial charge in [-0.25, -0.2) is 13.2 Å². The number of carbonyl (C=O) groups is 1. The van der Waals surface area contributed by atoms with E-state index < -0.39 is 16.0 Å². The van der Waals surface area contributed by atoms with Crippen molar-refractivity contribution in [3.63, 3.8) is 0 Å². The fraction of sp³-hybridized carbons (Fsp3) is 0.133. The molecule has 3 rings (SSSR count). The third kappa shape index (κ3) is 2.17. The van der Waals surface area contributed by atoms with Crippen molar-refractivity contribution in [3.8, 4) is 0 Å². The lowest BCUT2D eigenvalue weighted by atomic mass is 10.1. The summed E-state index contributed by atoms with van der Waals surface area (Å²) in [6.45, 7) is 0.261. The largest absolute Gasteiger partial charge is 0.478 e. The van der Waals surface area contributed by atoms with E-state index in [0.717, 1.165) is 0 Å². The van der Waals surface area contributed by atoms with Crippen molar-refractivity contribution in [2.24, 2.45) is 0 Å². The molecule has 0 saturated carbocycles. The van der Waals surface area contributed by atoms with Crippen molar-refractivity contribution >= 4 is 21.7 Å². The molecule has 2 aromatic carbocycles. The number of anilines is 1. The molecule has 2 aromatic rings. The lowest BCUT2D eigenvalue weighted by molar-refractivity contribution is 0.0696. The van der Waals surface area contributed by atoms with Crippen molar-refractivity contribution in [1.82, 2.24) is 0 Å². The Morgan fingerprint density at radius 2 is 1.76 bits per heavy atom. The minimum Gasteiger partial charge on any atom is -0.478 e. The molecule has 0 aromatic heterocycles. The number of nitrogens with zero attached hydrogens (tertiary/aromatic N) is 1. The molecular weight excluding hydrogens is 290 g/mol. The molecule has 5 nitrogen and oxygen atoms in total. The zero-order valence-corrected chi connectivity index (χ0v) is 11.9. The molecule has 1 aliphatic heterocycles. The molecule has 0 radical (unpaired) electrons. The van der Waals surface area contributed by atoms with Crippen LogP contribution in [0.25, 0.3) is 0 Å². The summed E-state index contributed by atoms with van der Waals surface area (Å²) in [5.41, 5.74) is 1.20. The smallest absolute Gasteiger partial charge is 0.336 e. The standard InChI is InChI=1S/C15H13NO4S/c17-15(18)13-7-4-8-14-12(13)9-10-16(14)21(19,20)11-5-2-1-3-6-11/h1-8H,9-10H2,(H,17,18). The molecular formula is C15H13NO4S. The van der Waals surface area contributed by atoms with Gasteiger partial charge in [-0.1, -0.05) is 24.3 Å². The van der Waals surface area contributed by atoms with Gasteiger partial charge in [0.05, 0.1) is 16.1 Å². The monoisotopic (exact) mass is 303 g/mol. The van der Waals surface area contributed by atoms with E-state index in [0.29, 0.717) is 17.7 Å². The highest BCUT2D eigenvalue weighted by molar-refractivity contribution is 7.92. The van der Waals surface area contributed by atoms with Crippen molar-refractivity contribution in [3.05, 3.63) is 59.7 Å². The SMILES string of the molecule is O=C(O)c1cccc2c1CCN2S(=O)(=O)c1ccccc1. The summed E-state index contributed by atoms with van der Waals surface area (Å²) in [6, 6.07) is 12.9. The predicted octanol–water partition coefficient (Wildman–Crippen LogP) is 2.14. The molecule has 1 aliphatic rings. The van der Waals surface area contributed by atoms with Gasteiger partial charge in [0.1, 0.15) is 0 Å². The van der Waals surface area contributed by atoms with Crippen LogP contribution in [0.3, 0.4) is 0 Å². The van der Waals surface area contributed by atoms with E-state index in [2.05, 4.69) is 0 Å². The topological polar surface area (TPSA) is 74.7 Å². The number of benzene rings is 2. The number of hydrogen-bond acceptors (Lipinski definition) is 3. The highest BCUT2D eigenvalue weighted by Gasteiger charge is 2.32. The lowest BCUT2D eigenvalue weighted by Crippen LogP contribution is -2.29. The highest BCUT2D eigenvalue weighted by Crippen LogP contribution is 2.34. The fourth-order valence-electron chi connectivity index (χ4n) is 2.57. The van der Waals surface area contributed by atoms with Gasteiger partial charge in [-0.2, -0.15) is 0 Å². The number of hydrogen-bond donors (Lipinski definition) is 1.